The second-order valence-corrected chi connectivity index (χ2v) is 6.09. The van der Waals surface area contributed by atoms with Gasteiger partial charge in [0.15, 0.2) is 0 Å². The van der Waals surface area contributed by atoms with Crippen LogP contribution in [0.25, 0.3) is 0 Å². The summed E-state index contributed by atoms with van der Waals surface area (Å²) in [5.41, 5.74) is 1.04. The van der Waals surface area contributed by atoms with E-state index in [4.69, 9.17) is 9.88 Å². The SMILES string of the molecule is CC(C)Oc1cccc(CNCCS(N)(=O)=O)c1. The van der Waals surface area contributed by atoms with Gasteiger partial charge in [0.25, 0.3) is 0 Å². The lowest BCUT2D eigenvalue weighted by atomic mass is 10.2. The predicted molar refractivity (Wildman–Crippen MR) is 71.9 cm³/mol. The minimum atomic E-state index is -3.39. The Bertz CT molecular complexity index is 472. The molecule has 1 aromatic carbocycles. The zero-order valence-corrected chi connectivity index (χ0v) is 11.5. The van der Waals surface area contributed by atoms with Gasteiger partial charge in [-0.25, -0.2) is 13.6 Å². The summed E-state index contributed by atoms with van der Waals surface area (Å²) >= 11 is 0. The van der Waals surface area contributed by atoms with Crippen molar-refractivity contribution in [2.45, 2.75) is 26.5 Å². The zero-order chi connectivity index (χ0) is 13.6. The van der Waals surface area contributed by atoms with E-state index < -0.39 is 10.0 Å². The number of nitrogens with two attached hydrogens (primary N) is 1. The van der Waals surface area contributed by atoms with Crippen LogP contribution in [-0.4, -0.2) is 26.8 Å². The maximum Gasteiger partial charge on any atom is 0.210 e. The van der Waals surface area contributed by atoms with Gasteiger partial charge in [0.1, 0.15) is 5.75 Å². The average Bonchev–Trinajstić information content (AvgIpc) is 2.23. The summed E-state index contributed by atoms with van der Waals surface area (Å²) in [6.45, 7) is 4.87. The van der Waals surface area contributed by atoms with Crippen LogP contribution in [0.5, 0.6) is 5.75 Å². The van der Waals surface area contributed by atoms with Crippen LogP contribution in [0.1, 0.15) is 19.4 Å². The van der Waals surface area contributed by atoms with Crippen LogP contribution in [0.4, 0.5) is 0 Å². The van der Waals surface area contributed by atoms with Gasteiger partial charge in [-0.3, -0.25) is 0 Å². The molecule has 3 N–H and O–H groups in total. The number of primary sulfonamides is 1. The Kier molecular flexibility index (Phi) is 5.58. The number of ether oxygens (including phenoxy) is 1. The molecule has 0 aliphatic heterocycles. The fraction of sp³-hybridized carbons (Fsp3) is 0.500. The maximum atomic E-state index is 10.7. The molecule has 1 aromatic rings. The van der Waals surface area contributed by atoms with Gasteiger partial charge in [-0.15, -0.1) is 0 Å². The molecular formula is C12H20N2O3S. The van der Waals surface area contributed by atoms with Crippen LogP contribution in [-0.2, 0) is 16.6 Å². The lowest BCUT2D eigenvalue weighted by Crippen LogP contribution is -2.26. The largest absolute Gasteiger partial charge is 0.491 e. The number of hydrogen-bond acceptors (Lipinski definition) is 4. The van der Waals surface area contributed by atoms with Crippen molar-refractivity contribution in [3.8, 4) is 5.75 Å². The third-order valence-corrected chi connectivity index (χ3v) is 2.94. The van der Waals surface area contributed by atoms with Gasteiger partial charge < -0.3 is 10.1 Å². The van der Waals surface area contributed by atoms with Crippen LogP contribution in [0.3, 0.4) is 0 Å². The highest BCUT2D eigenvalue weighted by Gasteiger charge is 2.02. The van der Waals surface area contributed by atoms with Crippen molar-refractivity contribution < 1.29 is 13.2 Å². The third kappa shape index (κ3) is 6.58. The fourth-order valence-electron chi connectivity index (χ4n) is 1.45. The normalized spacial score (nSPS) is 11.8. The van der Waals surface area contributed by atoms with Gasteiger partial charge in [-0.2, -0.15) is 0 Å². The molecule has 0 amide bonds. The van der Waals surface area contributed by atoms with Crippen LogP contribution >= 0.6 is 0 Å². The summed E-state index contributed by atoms with van der Waals surface area (Å²) < 4.78 is 27.0. The van der Waals surface area contributed by atoms with E-state index in [1.54, 1.807) is 0 Å². The molecule has 6 heteroatoms. The first-order chi connectivity index (χ1) is 8.37. The first-order valence-corrected chi connectivity index (χ1v) is 7.55. The summed E-state index contributed by atoms with van der Waals surface area (Å²) in [6.07, 6.45) is 0.135. The van der Waals surface area contributed by atoms with Crippen molar-refractivity contribution in [3.05, 3.63) is 29.8 Å². The van der Waals surface area contributed by atoms with E-state index in [-0.39, 0.29) is 11.9 Å². The van der Waals surface area contributed by atoms with Crippen molar-refractivity contribution in [2.24, 2.45) is 5.14 Å². The summed E-state index contributed by atoms with van der Waals surface area (Å²) in [5.74, 6) is 0.755. The number of rotatable bonds is 7. The molecule has 0 aliphatic rings. The monoisotopic (exact) mass is 272 g/mol. The molecule has 0 spiro atoms. The van der Waals surface area contributed by atoms with E-state index in [2.05, 4.69) is 5.32 Å². The number of sulfonamides is 1. The summed E-state index contributed by atoms with van der Waals surface area (Å²) in [7, 11) is -3.39. The van der Waals surface area contributed by atoms with Gasteiger partial charge in [-0.05, 0) is 31.5 Å². The number of nitrogens with one attached hydrogen (secondary N) is 1. The molecule has 0 fully saturated rings. The summed E-state index contributed by atoms with van der Waals surface area (Å²) in [6, 6.07) is 7.70. The van der Waals surface area contributed by atoms with Crippen molar-refractivity contribution in [1.29, 1.82) is 0 Å². The molecule has 0 heterocycles. The van der Waals surface area contributed by atoms with Crippen molar-refractivity contribution in [3.63, 3.8) is 0 Å². The van der Waals surface area contributed by atoms with Gasteiger partial charge in [0, 0.05) is 13.1 Å². The van der Waals surface area contributed by atoms with Crippen LogP contribution in [0.2, 0.25) is 0 Å². The molecule has 1 rings (SSSR count). The minimum Gasteiger partial charge on any atom is -0.491 e. The summed E-state index contributed by atoms with van der Waals surface area (Å²) in [4.78, 5) is 0. The van der Waals surface area contributed by atoms with E-state index >= 15 is 0 Å². The lowest BCUT2D eigenvalue weighted by molar-refractivity contribution is 0.242. The minimum absolute atomic E-state index is 0.0603. The van der Waals surface area contributed by atoms with Crippen LogP contribution < -0.4 is 15.2 Å². The Morgan fingerprint density at radius 3 is 2.72 bits per heavy atom. The fourth-order valence-corrected chi connectivity index (χ4v) is 1.88. The Morgan fingerprint density at radius 2 is 2.11 bits per heavy atom. The summed E-state index contributed by atoms with van der Waals surface area (Å²) in [5, 5.41) is 7.93. The van der Waals surface area contributed by atoms with Crippen molar-refractivity contribution in [2.75, 3.05) is 12.3 Å². The van der Waals surface area contributed by atoms with Crippen LogP contribution in [0, 0.1) is 0 Å². The quantitative estimate of drug-likeness (QED) is 0.721. The Hall–Kier alpha value is -1.11. The smallest absolute Gasteiger partial charge is 0.210 e. The first-order valence-electron chi connectivity index (χ1n) is 5.83. The van der Waals surface area contributed by atoms with Gasteiger partial charge in [0.05, 0.1) is 11.9 Å². The average molecular weight is 272 g/mol. The molecular weight excluding hydrogens is 252 g/mol. The molecule has 0 aromatic heterocycles. The predicted octanol–water partition coefficient (Wildman–Crippen LogP) is 0.852. The van der Waals surface area contributed by atoms with E-state index in [0.717, 1.165) is 11.3 Å². The van der Waals surface area contributed by atoms with E-state index in [1.807, 2.05) is 38.1 Å². The van der Waals surface area contributed by atoms with Crippen molar-refractivity contribution in [1.82, 2.24) is 5.32 Å². The van der Waals surface area contributed by atoms with Gasteiger partial charge >= 0.3 is 0 Å². The van der Waals surface area contributed by atoms with Crippen molar-refractivity contribution >= 4 is 10.0 Å². The highest BCUT2D eigenvalue weighted by Crippen LogP contribution is 2.14. The second kappa shape index (κ2) is 6.72. The third-order valence-electron chi connectivity index (χ3n) is 2.16. The van der Waals surface area contributed by atoms with E-state index in [1.165, 1.54) is 0 Å². The molecule has 0 saturated carbocycles. The molecule has 0 saturated heterocycles. The molecule has 18 heavy (non-hydrogen) atoms. The highest BCUT2D eigenvalue weighted by atomic mass is 32.2. The van der Waals surface area contributed by atoms with Crippen LogP contribution in [0.15, 0.2) is 24.3 Å². The molecule has 0 bridgehead atoms. The topological polar surface area (TPSA) is 81.4 Å². The molecule has 102 valence electrons. The van der Waals surface area contributed by atoms with Gasteiger partial charge in [0.2, 0.25) is 10.0 Å². The maximum absolute atomic E-state index is 10.7. The highest BCUT2D eigenvalue weighted by molar-refractivity contribution is 7.89. The van der Waals surface area contributed by atoms with Gasteiger partial charge in [-0.1, -0.05) is 12.1 Å². The van der Waals surface area contributed by atoms with E-state index in [0.29, 0.717) is 13.1 Å². The zero-order valence-electron chi connectivity index (χ0n) is 10.7. The molecule has 0 unspecified atom stereocenters. The number of hydrogen-bond donors (Lipinski definition) is 2. The first kappa shape index (κ1) is 14.9. The molecule has 0 atom stereocenters. The second-order valence-electron chi connectivity index (χ2n) is 4.36. The van der Waals surface area contributed by atoms with E-state index in [9.17, 15) is 8.42 Å². The Balaban J connectivity index is 2.43. The Labute approximate surface area is 108 Å². The molecule has 0 radical (unpaired) electrons. The molecule has 5 nitrogen and oxygen atoms in total. The number of benzene rings is 1. The Morgan fingerprint density at radius 1 is 1.39 bits per heavy atom. The standard InChI is InChI=1S/C12H20N2O3S/c1-10(2)17-12-5-3-4-11(8-12)9-14-6-7-18(13,15)16/h3-5,8,10,14H,6-7,9H2,1-2H3,(H2,13,15,16). The molecule has 0 aliphatic carbocycles. The lowest BCUT2D eigenvalue weighted by Gasteiger charge is -2.11.